The third kappa shape index (κ3) is 3.72. The molecule has 6 heteroatoms. The monoisotopic (exact) mass is 301 g/mol. The van der Waals surface area contributed by atoms with E-state index in [1.165, 1.54) is 4.90 Å². The Morgan fingerprint density at radius 1 is 1.27 bits per heavy atom. The molecule has 22 heavy (non-hydrogen) atoms. The number of aromatic amines is 1. The number of benzene rings is 1. The van der Waals surface area contributed by atoms with Crippen LogP contribution in [0.1, 0.15) is 30.8 Å². The Morgan fingerprint density at radius 3 is 2.55 bits per heavy atom. The van der Waals surface area contributed by atoms with E-state index >= 15 is 0 Å². The summed E-state index contributed by atoms with van der Waals surface area (Å²) >= 11 is 0. The van der Waals surface area contributed by atoms with Crippen LogP contribution in [0.25, 0.3) is 11.3 Å². The molecule has 0 aliphatic heterocycles. The third-order valence-electron chi connectivity index (χ3n) is 3.33. The number of carbonyl (C=O) groups excluding carboxylic acids is 1. The summed E-state index contributed by atoms with van der Waals surface area (Å²) in [6.45, 7) is 3.88. The molecule has 1 amide bonds. The maximum atomic E-state index is 12.5. The van der Waals surface area contributed by atoms with E-state index in [0.717, 1.165) is 5.56 Å². The van der Waals surface area contributed by atoms with Crippen LogP contribution in [0.5, 0.6) is 0 Å². The number of nitrogens with zero attached hydrogens (tertiary/aromatic N) is 2. The molecule has 0 saturated heterocycles. The van der Waals surface area contributed by atoms with Crippen LogP contribution in [0.2, 0.25) is 0 Å². The van der Waals surface area contributed by atoms with Crippen LogP contribution in [-0.4, -0.2) is 44.7 Å². The number of carboxylic acids is 1. The van der Waals surface area contributed by atoms with Gasteiger partial charge in [-0.1, -0.05) is 30.3 Å². The zero-order valence-electron chi connectivity index (χ0n) is 12.6. The van der Waals surface area contributed by atoms with Crippen molar-refractivity contribution in [2.75, 3.05) is 6.54 Å². The van der Waals surface area contributed by atoms with Gasteiger partial charge in [-0.15, -0.1) is 0 Å². The van der Waals surface area contributed by atoms with Crippen LogP contribution in [0.3, 0.4) is 0 Å². The predicted octanol–water partition coefficient (Wildman–Crippen LogP) is 2.40. The van der Waals surface area contributed by atoms with Crippen LogP contribution in [-0.2, 0) is 4.79 Å². The summed E-state index contributed by atoms with van der Waals surface area (Å²) in [6, 6.07) is 11.1. The van der Waals surface area contributed by atoms with Crippen molar-refractivity contribution in [1.82, 2.24) is 15.1 Å². The maximum Gasteiger partial charge on any atom is 0.305 e. The largest absolute Gasteiger partial charge is 0.481 e. The number of carboxylic acid groups (broad SMARTS) is 1. The zero-order valence-corrected chi connectivity index (χ0v) is 12.6. The van der Waals surface area contributed by atoms with Crippen molar-refractivity contribution in [3.8, 4) is 11.3 Å². The van der Waals surface area contributed by atoms with Crippen molar-refractivity contribution in [2.24, 2.45) is 0 Å². The average molecular weight is 301 g/mol. The van der Waals surface area contributed by atoms with Gasteiger partial charge in [0, 0.05) is 18.2 Å². The van der Waals surface area contributed by atoms with E-state index in [9.17, 15) is 9.59 Å². The van der Waals surface area contributed by atoms with Gasteiger partial charge in [-0.2, -0.15) is 5.10 Å². The highest BCUT2D eigenvalue weighted by atomic mass is 16.4. The quantitative estimate of drug-likeness (QED) is 0.857. The molecule has 2 rings (SSSR count). The SMILES string of the molecule is CC(C)N(CCC(=O)O)C(=O)c1cc(-c2ccccc2)n[nH]1. The molecule has 0 aliphatic rings. The molecule has 0 fully saturated rings. The summed E-state index contributed by atoms with van der Waals surface area (Å²) < 4.78 is 0. The second-order valence-electron chi connectivity index (χ2n) is 5.27. The topological polar surface area (TPSA) is 86.3 Å². The highest BCUT2D eigenvalue weighted by Gasteiger charge is 2.21. The first-order chi connectivity index (χ1) is 10.5. The Hall–Kier alpha value is -2.63. The zero-order chi connectivity index (χ0) is 16.1. The van der Waals surface area contributed by atoms with Crippen LogP contribution < -0.4 is 0 Å². The van der Waals surface area contributed by atoms with Gasteiger partial charge in [0.2, 0.25) is 0 Å². The number of hydrogen-bond donors (Lipinski definition) is 2. The molecule has 116 valence electrons. The minimum atomic E-state index is -0.923. The molecule has 0 spiro atoms. The number of amides is 1. The highest BCUT2D eigenvalue weighted by Crippen LogP contribution is 2.18. The van der Waals surface area contributed by atoms with Gasteiger partial charge in [0.25, 0.3) is 5.91 Å². The fourth-order valence-corrected chi connectivity index (χ4v) is 2.15. The van der Waals surface area contributed by atoms with Gasteiger partial charge in [0.15, 0.2) is 0 Å². The average Bonchev–Trinajstić information content (AvgIpc) is 2.97. The van der Waals surface area contributed by atoms with Crippen molar-refractivity contribution in [3.05, 3.63) is 42.1 Å². The molecule has 0 aliphatic carbocycles. The summed E-state index contributed by atoms with van der Waals surface area (Å²) in [7, 11) is 0. The smallest absolute Gasteiger partial charge is 0.305 e. The second kappa shape index (κ2) is 6.89. The summed E-state index contributed by atoms with van der Waals surface area (Å²) in [4.78, 5) is 24.7. The number of H-pyrrole nitrogens is 1. The lowest BCUT2D eigenvalue weighted by molar-refractivity contribution is -0.137. The first-order valence-electron chi connectivity index (χ1n) is 7.12. The van der Waals surface area contributed by atoms with Crippen molar-refractivity contribution < 1.29 is 14.7 Å². The van der Waals surface area contributed by atoms with Crippen molar-refractivity contribution >= 4 is 11.9 Å². The van der Waals surface area contributed by atoms with Crippen molar-refractivity contribution in [1.29, 1.82) is 0 Å². The van der Waals surface area contributed by atoms with E-state index in [1.54, 1.807) is 6.07 Å². The number of aliphatic carboxylic acids is 1. The molecule has 1 aromatic carbocycles. The summed E-state index contributed by atoms with van der Waals surface area (Å²) in [5, 5.41) is 15.7. The number of carbonyl (C=O) groups is 2. The molecule has 2 N–H and O–H groups in total. The Bertz CT molecular complexity index is 650. The molecule has 0 atom stereocenters. The highest BCUT2D eigenvalue weighted by molar-refractivity contribution is 5.93. The van der Waals surface area contributed by atoms with E-state index in [4.69, 9.17) is 5.11 Å². The fraction of sp³-hybridized carbons (Fsp3) is 0.312. The standard InChI is InChI=1S/C16H19N3O3/c1-11(2)19(9-8-15(20)21)16(22)14-10-13(17-18-14)12-6-4-3-5-7-12/h3-7,10-11H,8-9H2,1-2H3,(H,17,18)(H,20,21). The lowest BCUT2D eigenvalue weighted by Gasteiger charge is -2.25. The third-order valence-corrected chi connectivity index (χ3v) is 3.33. The molecule has 1 heterocycles. The predicted molar refractivity (Wildman–Crippen MR) is 82.4 cm³/mol. The van der Waals surface area contributed by atoms with Crippen LogP contribution >= 0.6 is 0 Å². The molecule has 0 radical (unpaired) electrons. The Kier molecular flexibility index (Phi) is 4.93. The van der Waals surface area contributed by atoms with Gasteiger partial charge >= 0.3 is 5.97 Å². The summed E-state index contributed by atoms with van der Waals surface area (Å²) in [6.07, 6.45) is -0.0798. The summed E-state index contributed by atoms with van der Waals surface area (Å²) in [5.41, 5.74) is 1.96. The van der Waals surface area contributed by atoms with E-state index in [-0.39, 0.29) is 24.9 Å². The Balaban J connectivity index is 2.17. The molecule has 0 saturated carbocycles. The van der Waals surface area contributed by atoms with E-state index in [2.05, 4.69) is 10.2 Å². The van der Waals surface area contributed by atoms with Gasteiger partial charge in [0.05, 0.1) is 12.1 Å². The molecule has 2 aromatic rings. The molecule has 6 nitrogen and oxygen atoms in total. The second-order valence-corrected chi connectivity index (χ2v) is 5.27. The number of hydrogen-bond acceptors (Lipinski definition) is 3. The lowest BCUT2D eigenvalue weighted by atomic mass is 10.1. The lowest BCUT2D eigenvalue weighted by Crippen LogP contribution is -2.38. The van der Waals surface area contributed by atoms with Gasteiger partial charge in [-0.3, -0.25) is 14.7 Å². The summed E-state index contributed by atoms with van der Waals surface area (Å²) in [5.74, 6) is -1.17. The Morgan fingerprint density at radius 2 is 1.95 bits per heavy atom. The molecule has 0 unspecified atom stereocenters. The van der Waals surface area contributed by atoms with Crippen LogP contribution in [0.4, 0.5) is 0 Å². The van der Waals surface area contributed by atoms with Gasteiger partial charge in [0.1, 0.15) is 5.69 Å². The first-order valence-corrected chi connectivity index (χ1v) is 7.12. The Labute approximate surface area is 128 Å². The molecular formula is C16H19N3O3. The number of rotatable bonds is 6. The normalized spacial score (nSPS) is 10.7. The van der Waals surface area contributed by atoms with Gasteiger partial charge in [-0.05, 0) is 19.9 Å². The van der Waals surface area contributed by atoms with Crippen LogP contribution in [0, 0.1) is 0 Å². The van der Waals surface area contributed by atoms with E-state index < -0.39 is 5.97 Å². The van der Waals surface area contributed by atoms with E-state index in [1.807, 2.05) is 44.2 Å². The van der Waals surface area contributed by atoms with Gasteiger partial charge < -0.3 is 10.0 Å². The first kappa shape index (κ1) is 15.8. The minimum Gasteiger partial charge on any atom is -0.481 e. The van der Waals surface area contributed by atoms with Gasteiger partial charge in [-0.25, -0.2) is 0 Å². The molecule has 1 aromatic heterocycles. The maximum absolute atomic E-state index is 12.5. The van der Waals surface area contributed by atoms with Crippen molar-refractivity contribution in [3.63, 3.8) is 0 Å². The van der Waals surface area contributed by atoms with Crippen LogP contribution in [0.15, 0.2) is 36.4 Å². The fourth-order valence-electron chi connectivity index (χ4n) is 2.15. The number of aromatic nitrogens is 2. The van der Waals surface area contributed by atoms with Crippen molar-refractivity contribution in [2.45, 2.75) is 26.3 Å². The molecular weight excluding hydrogens is 282 g/mol. The molecule has 0 bridgehead atoms. The minimum absolute atomic E-state index is 0.0798. The number of nitrogens with one attached hydrogen (secondary N) is 1. The van der Waals surface area contributed by atoms with E-state index in [0.29, 0.717) is 11.4 Å².